The minimum Gasteiger partial charge on any atom is -0.398 e. The van der Waals surface area contributed by atoms with Gasteiger partial charge in [-0.05, 0) is 37.1 Å². The number of rotatable bonds is 6. The van der Waals surface area contributed by atoms with Crippen molar-refractivity contribution >= 4 is 17.2 Å². The number of hydrogen-bond acceptors (Lipinski definition) is 3. The van der Waals surface area contributed by atoms with Gasteiger partial charge in [-0.1, -0.05) is 37.3 Å². The third-order valence-electron chi connectivity index (χ3n) is 3.49. The van der Waals surface area contributed by atoms with Crippen LogP contribution in [0.2, 0.25) is 0 Å². The number of Topliss-reactive ketones (excluding diaryl/α,β-unsaturated/α-hetero) is 1. The van der Waals surface area contributed by atoms with Crippen molar-refractivity contribution in [1.82, 2.24) is 0 Å². The van der Waals surface area contributed by atoms with E-state index in [-0.39, 0.29) is 5.78 Å². The molecule has 3 heteroatoms. The van der Waals surface area contributed by atoms with Gasteiger partial charge in [0, 0.05) is 30.0 Å². The number of nitrogens with zero attached hydrogens (tertiary/aromatic N) is 1. The molecule has 0 atom stereocenters. The summed E-state index contributed by atoms with van der Waals surface area (Å²) in [5.41, 5.74) is 9.32. The van der Waals surface area contributed by atoms with Crippen LogP contribution in [-0.4, -0.2) is 12.3 Å². The molecule has 0 amide bonds. The van der Waals surface area contributed by atoms with Crippen molar-refractivity contribution < 1.29 is 4.79 Å². The maximum atomic E-state index is 11.7. The van der Waals surface area contributed by atoms with Crippen molar-refractivity contribution in [2.75, 3.05) is 17.2 Å². The Labute approximate surface area is 126 Å². The van der Waals surface area contributed by atoms with E-state index in [1.165, 1.54) is 5.56 Å². The second-order valence-electron chi connectivity index (χ2n) is 5.23. The van der Waals surface area contributed by atoms with E-state index in [0.717, 1.165) is 25.2 Å². The average molecular weight is 282 g/mol. The number of hydrogen-bond donors (Lipinski definition) is 1. The van der Waals surface area contributed by atoms with Crippen LogP contribution in [0.15, 0.2) is 48.5 Å². The summed E-state index contributed by atoms with van der Waals surface area (Å²) in [6.45, 7) is 5.48. The van der Waals surface area contributed by atoms with Gasteiger partial charge < -0.3 is 10.6 Å². The van der Waals surface area contributed by atoms with Crippen molar-refractivity contribution in [1.29, 1.82) is 0 Å². The molecule has 0 aliphatic carbocycles. The first-order chi connectivity index (χ1) is 10.1. The molecule has 21 heavy (non-hydrogen) atoms. The van der Waals surface area contributed by atoms with Gasteiger partial charge in [0.2, 0.25) is 0 Å². The lowest BCUT2D eigenvalue weighted by molar-refractivity contribution is 0.101. The predicted octanol–water partition coefficient (Wildman–Crippen LogP) is 3.89. The van der Waals surface area contributed by atoms with E-state index >= 15 is 0 Å². The van der Waals surface area contributed by atoms with Crippen LogP contribution in [0.5, 0.6) is 0 Å². The number of nitrogen functional groups attached to an aromatic ring is 1. The van der Waals surface area contributed by atoms with Gasteiger partial charge in [0.05, 0.1) is 0 Å². The van der Waals surface area contributed by atoms with E-state index in [2.05, 4.69) is 24.0 Å². The number of nitrogens with two attached hydrogens (primary N) is 1. The number of ketones is 1. The summed E-state index contributed by atoms with van der Waals surface area (Å²) in [5.74, 6) is 0.00510. The summed E-state index contributed by atoms with van der Waals surface area (Å²) in [5, 5.41) is 0. The van der Waals surface area contributed by atoms with E-state index in [4.69, 9.17) is 5.73 Å². The predicted molar refractivity (Wildman–Crippen MR) is 88.6 cm³/mol. The summed E-state index contributed by atoms with van der Waals surface area (Å²) in [6.07, 6.45) is 1.05. The SMILES string of the molecule is CCCN(Cc1ccccc1)c1ccc(N)c(C(C)=O)c1. The molecule has 0 fully saturated rings. The topological polar surface area (TPSA) is 46.3 Å². The Kier molecular flexibility index (Phi) is 4.99. The van der Waals surface area contributed by atoms with E-state index in [1.54, 1.807) is 6.92 Å². The Bertz CT molecular complexity index is 608. The quantitative estimate of drug-likeness (QED) is 0.646. The highest BCUT2D eigenvalue weighted by Gasteiger charge is 2.11. The van der Waals surface area contributed by atoms with Gasteiger partial charge in [-0.25, -0.2) is 0 Å². The zero-order chi connectivity index (χ0) is 15.2. The van der Waals surface area contributed by atoms with Crippen LogP contribution in [-0.2, 0) is 6.54 Å². The van der Waals surface area contributed by atoms with Crippen molar-refractivity contribution in [2.24, 2.45) is 0 Å². The molecular formula is C18H22N2O. The normalized spacial score (nSPS) is 10.4. The zero-order valence-electron chi connectivity index (χ0n) is 12.7. The van der Waals surface area contributed by atoms with Gasteiger partial charge in [0.25, 0.3) is 0 Å². The summed E-state index contributed by atoms with van der Waals surface area (Å²) >= 11 is 0. The van der Waals surface area contributed by atoms with Crippen molar-refractivity contribution in [2.45, 2.75) is 26.8 Å². The molecule has 0 radical (unpaired) electrons. The van der Waals surface area contributed by atoms with Crippen molar-refractivity contribution in [3.63, 3.8) is 0 Å². The second kappa shape index (κ2) is 6.93. The first-order valence-corrected chi connectivity index (χ1v) is 7.31. The third kappa shape index (κ3) is 3.85. The van der Waals surface area contributed by atoms with Crippen LogP contribution in [0.25, 0.3) is 0 Å². The molecule has 2 N–H and O–H groups in total. The van der Waals surface area contributed by atoms with Gasteiger partial charge in [-0.2, -0.15) is 0 Å². The molecule has 0 heterocycles. The van der Waals surface area contributed by atoms with E-state index in [1.807, 2.05) is 36.4 Å². The molecule has 3 nitrogen and oxygen atoms in total. The Morgan fingerprint density at radius 3 is 2.48 bits per heavy atom. The molecular weight excluding hydrogens is 260 g/mol. The smallest absolute Gasteiger partial charge is 0.161 e. The zero-order valence-corrected chi connectivity index (χ0v) is 12.7. The molecule has 2 aromatic carbocycles. The Balaban J connectivity index is 2.29. The molecule has 0 aliphatic rings. The lowest BCUT2D eigenvalue weighted by Gasteiger charge is -2.25. The molecule has 0 aliphatic heterocycles. The first kappa shape index (κ1) is 15.1. The number of carbonyl (C=O) groups excluding carboxylic acids is 1. The van der Waals surface area contributed by atoms with Gasteiger partial charge in [0.15, 0.2) is 5.78 Å². The summed E-state index contributed by atoms with van der Waals surface area (Å²) in [6, 6.07) is 16.0. The van der Waals surface area contributed by atoms with Crippen LogP contribution >= 0.6 is 0 Å². The molecule has 0 spiro atoms. The third-order valence-corrected chi connectivity index (χ3v) is 3.49. The lowest BCUT2D eigenvalue weighted by atomic mass is 10.1. The molecule has 0 saturated carbocycles. The highest BCUT2D eigenvalue weighted by atomic mass is 16.1. The summed E-state index contributed by atoms with van der Waals surface area (Å²) in [7, 11) is 0. The first-order valence-electron chi connectivity index (χ1n) is 7.31. The fourth-order valence-corrected chi connectivity index (χ4v) is 2.42. The molecule has 0 aromatic heterocycles. The Morgan fingerprint density at radius 2 is 1.86 bits per heavy atom. The fourth-order valence-electron chi connectivity index (χ4n) is 2.42. The molecule has 0 bridgehead atoms. The number of carbonyl (C=O) groups is 1. The second-order valence-corrected chi connectivity index (χ2v) is 5.23. The summed E-state index contributed by atoms with van der Waals surface area (Å²) in [4.78, 5) is 13.9. The van der Waals surface area contributed by atoms with Crippen molar-refractivity contribution in [3.05, 3.63) is 59.7 Å². The maximum absolute atomic E-state index is 11.7. The average Bonchev–Trinajstić information content (AvgIpc) is 2.48. The minimum absolute atomic E-state index is 0.00510. The monoisotopic (exact) mass is 282 g/mol. The van der Waals surface area contributed by atoms with Gasteiger partial charge >= 0.3 is 0 Å². The molecule has 110 valence electrons. The molecule has 2 rings (SSSR count). The van der Waals surface area contributed by atoms with Crippen LogP contribution in [0.1, 0.15) is 36.2 Å². The van der Waals surface area contributed by atoms with Gasteiger partial charge in [-0.15, -0.1) is 0 Å². The van der Waals surface area contributed by atoms with Gasteiger partial charge in [0.1, 0.15) is 0 Å². The van der Waals surface area contributed by atoms with E-state index < -0.39 is 0 Å². The van der Waals surface area contributed by atoms with Crippen LogP contribution < -0.4 is 10.6 Å². The van der Waals surface area contributed by atoms with Crippen LogP contribution in [0, 0.1) is 0 Å². The standard InChI is InChI=1S/C18H22N2O/c1-3-11-20(13-15-7-5-4-6-8-15)16-9-10-18(19)17(12-16)14(2)21/h4-10,12H,3,11,13,19H2,1-2H3. The molecule has 2 aromatic rings. The van der Waals surface area contributed by atoms with Gasteiger partial charge in [-0.3, -0.25) is 4.79 Å². The van der Waals surface area contributed by atoms with E-state index in [9.17, 15) is 4.79 Å². The maximum Gasteiger partial charge on any atom is 0.161 e. The molecule has 0 unspecified atom stereocenters. The Hall–Kier alpha value is -2.29. The van der Waals surface area contributed by atoms with Crippen LogP contribution in [0.3, 0.4) is 0 Å². The fraction of sp³-hybridized carbons (Fsp3) is 0.278. The lowest BCUT2D eigenvalue weighted by Crippen LogP contribution is -2.23. The Morgan fingerprint density at radius 1 is 1.14 bits per heavy atom. The van der Waals surface area contributed by atoms with Crippen molar-refractivity contribution in [3.8, 4) is 0 Å². The largest absolute Gasteiger partial charge is 0.398 e. The number of benzene rings is 2. The van der Waals surface area contributed by atoms with Crippen LogP contribution in [0.4, 0.5) is 11.4 Å². The van der Waals surface area contributed by atoms with E-state index in [0.29, 0.717) is 11.3 Å². The molecule has 0 saturated heterocycles. The highest BCUT2D eigenvalue weighted by molar-refractivity contribution is 6.00. The highest BCUT2D eigenvalue weighted by Crippen LogP contribution is 2.23. The minimum atomic E-state index is 0.00510. The number of anilines is 2. The summed E-state index contributed by atoms with van der Waals surface area (Å²) < 4.78 is 0.